The summed E-state index contributed by atoms with van der Waals surface area (Å²) < 4.78 is 0. The van der Waals surface area contributed by atoms with Crippen LogP contribution in [-0.2, 0) is 16.1 Å². The van der Waals surface area contributed by atoms with Crippen LogP contribution < -0.4 is 0 Å². The van der Waals surface area contributed by atoms with E-state index in [2.05, 4.69) is 4.99 Å². The zero-order valence-electron chi connectivity index (χ0n) is 13.0. The molecule has 1 amide bonds. The Kier molecular flexibility index (Phi) is 4.33. The number of hydrogen-bond acceptors (Lipinski definition) is 3. The van der Waals surface area contributed by atoms with Gasteiger partial charge in [0, 0.05) is 12.3 Å². The zero-order chi connectivity index (χ0) is 16.2. The van der Waals surface area contributed by atoms with E-state index in [0.29, 0.717) is 12.3 Å². The van der Waals surface area contributed by atoms with Crippen molar-refractivity contribution in [2.45, 2.75) is 13.5 Å². The van der Waals surface area contributed by atoms with E-state index in [9.17, 15) is 9.59 Å². The van der Waals surface area contributed by atoms with Gasteiger partial charge >= 0.3 is 0 Å². The molecule has 1 atom stereocenters. The molecule has 0 aromatic heterocycles. The molecule has 2 aromatic carbocycles. The number of rotatable bonds is 4. The molecule has 0 saturated carbocycles. The SMILES string of the molecule is CC(=Nc1ccccc1)C1C(=O)CN(Cc2ccccc2)C1=O. The van der Waals surface area contributed by atoms with Gasteiger partial charge in [-0.05, 0) is 24.6 Å². The maximum atomic E-state index is 12.6. The molecule has 1 saturated heterocycles. The van der Waals surface area contributed by atoms with Gasteiger partial charge in [0.25, 0.3) is 0 Å². The van der Waals surface area contributed by atoms with E-state index in [1.807, 2.05) is 60.7 Å². The Bertz CT molecular complexity index is 738. The highest BCUT2D eigenvalue weighted by Crippen LogP contribution is 2.21. The summed E-state index contributed by atoms with van der Waals surface area (Å²) in [5.74, 6) is -0.988. The van der Waals surface area contributed by atoms with Crippen LogP contribution in [0.2, 0.25) is 0 Å². The summed E-state index contributed by atoms with van der Waals surface area (Å²) in [6, 6.07) is 19.1. The normalized spacial score (nSPS) is 18.6. The second-order valence-electron chi connectivity index (χ2n) is 5.67. The fourth-order valence-corrected chi connectivity index (χ4v) is 2.80. The predicted octanol–water partition coefficient (Wildman–Crippen LogP) is 3.01. The molecule has 1 aliphatic heterocycles. The molecule has 2 aromatic rings. The minimum atomic E-state index is -0.751. The van der Waals surface area contributed by atoms with Crippen molar-refractivity contribution in [1.82, 2.24) is 4.90 Å². The number of para-hydroxylation sites is 1. The largest absolute Gasteiger partial charge is 0.330 e. The van der Waals surface area contributed by atoms with Crippen molar-refractivity contribution in [1.29, 1.82) is 0 Å². The minimum absolute atomic E-state index is 0.0805. The van der Waals surface area contributed by atoms with Crippen LogP contribution in [0.3, 0.4) is 0 Å². The van der Waals surface area contributed by atoms with Crippen LogP contribution in [0.5, 0.6) is 0 Å². The van der Waals surface area contributed by atoms with E-state index >= 15 is 0 Å². The van der Waals surface area contributed by atoms with Crippen LogP contribution in [0, 0.1) is 5.92 Å². The number of nitrogens with zero attached hydrogens (tertiary/aromatic N) is 2. The van der Waals surface area contributed by atoms with E-state index in [-0.39, 0.29) is 18.2 Å². The third kappa shape index (κ3) is 3.37. The lowest BCUT2D eigenvalue weighted by Gasteiger charge is -2.15. The Balaban J connectivity index is 1.77. The van der Waals surface area contributed by atoms with Gasteiger partial charge in [0.05, 0.1) is 12.2 Å². The minimum Gasteiger partial charge on any atom is -0.330 e. The van der Waals surface area contributed by atoms with Gasteiger partial charge in [0.1, 0.15) is 5.92 Å². The first-order chi connectivity index (χ1) is 11.1. The number of likely N-dealkylation sites (tertiary alicyclic amines) is 1. The van der Waals surface area contributed by atoms with E-state index in [0.717, 1.165) is 11.3 Å². The Morgan fingerprint density at radius 1 is 1.04 bits per heavy atom. The number of amides is 1. The molecule has 4 nitrogen and oxygen atoms in total. The molecular weight excluding hydrogens is 288 g/mol. The Labute approximate surface area is 135 Å². The Hall–Kier alpha value is -2.75. The summed E-state index contributed by atoms with van der Waals surface area (Å²) in [6.45, 7) is 2.36. The van der Waals surface area contributed by atoms with E-state index in [1.54, 1.807) is 11.8 Å². The maximum Gasteiger partial charge on any atom is 0.239 e. The molecule has 1 aliphatic rings. The highest BCUT2D eigenvalue weighted by molar-refractivity contribution is 6.24. The van der Waals surface area contributed by atoms with Crippen molar-refractivity contribution in [3.63, 3.8) is 0 Å². The predicted molar refractivity (Wildman–Crippen MR) is 89.6 cm³/mol. The zero-order valence-corrected chi connectivity index (χ0v) is 13.0. The number of aliphatic imine (C=N–C) groups is 1. The lowest BCUT2D eigenvalue weighted by Crippen LogP contribution is -2.29. The molecule has 0 aliphatic carbocycles. The highest BCUT2D eigenvalue weighted by atomic mass is 16.2. The van der Waals surface area contributed by atoms with Gasteiger partial charge in [0.15, 0.2) is 5.78 Å². The van der Waals surface area contributed by atoms with Crippen LogP contribution >= 0.6 is 0 Å². The third-order valence-electron chi connectivity index (χ3n) is 3.92. The average molecular weight is 306 g/mol. The summed E-state index contributed by atoms with van der Waals surface area (Å²) in [4.78, 5) is 30.9. The molecule has 1 unspecified atom stereocenters. The quantitative estimate of drug-likeness (QED) is 0.644. The van der Waals surface area contributed by atoms with Crippen molar-refractivity contribution in [2.24, 2.45) is 10.9 Å². The number of ketones is 1. The first kappa shape index (κ1) is 15.2. The Morgan fingerprint density at radius 2 is 1.65 bits per heavy atom. The number of carbonyl (C=O) groups is 2. The van der Waals surface area contributed by atoms with Gasteiger partial charge in [-0.25, -0.2) is 0 Å². The fraction of sp³-hybridized carbons (Fsp3) is 0.211. The van der Waals surface area contributed by atoms with Crippen LogP contribution in [0.25, 0.3) is 0 Å². The first-order valence-corrected chi connectivity index (χ1v) is 7.61. The summed E-state index contributed by atoms with van der Waals surface area (Å²) in [5.41, 5.74) is 2.33. The molecule has 23 heavy (non-hydrogen) atoms. The van der Waals surface area contributed by atoms with Gasteiger partial charge in [-0.3, -0.25) is 14.6 Å². The van der Waals surface area contributed by atoms with Crippen LogP contribution in [-0.4, -0.2) is 28.8 Å². The van der Waals surface area contributed by atoms with E-state index < -0.39 is 5.92 Å². The average Bonchev–Trinajstić information content (AvgIpc) is 2.83. The molecule has 0 N–H and O–H groups in total. The fourth-order valence-electron chi connectivity index (χ4n) is 2.80. The van der Waals surface area contributed by atoms with Crippen molar-refractivity contribution >= 4 is 23.1 Å². The van der Waals surface area contributed by atoms with Crippen LogP contribution in [0.1, 0.15) is 12.5 Å². The number of benzene rings is 2. The number of hydrogen-bond donors (Lipinski definition) is 0. The van der Waals surface area contributed by atoms with Crippen molar-refractivity contribution in [2.75, 3.05) is 6.54 Å². The number of Topliss-reactive ketones (excluding diaryl/α,β-unsaturated/α-hetero) is 1. The van der Waals surface area contributed by atoms with Gasteiger partial charge in [-0.15, -0.1) is 0 Å². The van der Waals surface area contributed by atoms with E-state index in [1.165, 1.54) is 0 Å². The van der Waals surface area contributed by atoms with Crippen LogP contribution in [0.15, 0.2) is 65.7 Å². The van der Waals surface area contributed by atoms with Crippen molar-refractivity contribution < 1.29 is 9.59 Å². The molecule has 0 radical (unpaired) electrons. The second-order valence-corrected chi connectivity index (χ2v) is 5.67. The van der Waals surface area contributed by atoms with Gasteiger partial charge in [-0.1, -0.05) is 48.5 Å². The topological polar surface area (TPSA) is 49.7 Å². The smallest absolute Gasteiger partial charge is 0.239 e. The molecule has 1 fully saturated rings. The lowest BCUT2D eigenvalue weighted by atomic mass is 10.0. The van der Waals surface area contributed by atoms with E-state index in [4.69, 9.17) is 0 Å². The monoisotopic (exact) mass is 306 g/mol. The summed E-state index contributed by atoms with van der Waals surface area (Å²) in [6.07, 6.45) is 0. The standard InChI is InChI=1S/C19H18N2O2/c1-14(20-16-10-6-3-7-11-16)18-17(22)13-21(19(18)23)12-15-8-4-2-5-9-15/h2-11,18H,12-13H2,1H3. The molecule has 116 valence electrons. The third-order valence-corrected chi connectivity index (χ3v) is 3.92. The molecule has 0 bridgehead atoms. The Morgan fingerprint density at radius 3 is 2.30 bits per heavy atom. The molecule has 4 heteroatoms. The molecule has 0 spiro atoms. The van der Waals surface area contributed by atoms with Crippen LogP contribution in [0.4, 0.5) is 5.69 Å². The lowest BCUT2D eigenvalue weighted by molar-refractivity contribution is -0.130. The number of carbonyl (C=O) groups excluding carboxylic acids is 2. The molecule has 1 heterocycles. The first-order valence-electron chi connectivity index (χ1n) is 7.61. The summed E-state index contributed by atoms with van der Waals surface area (Å²) >= 11 is 0. The molecule has 3 rings (SSSR count). The second kappa shape index (κ2) is 6.57. The van der Waals surface area contributed by atoms with Gasteiger partial charge in [-0.2, -0.15) is 0 Å². The summed E-state index contributed by atoms with van der Waals surface area (Å²) in [7, 11) is 0. The van der Waals surface area contributed by atoms with Crippen molar-refractivity contribution in [3.05, 3.63) is 66.2 Å². The maximum absolute atomic E-state index is 12.6. The molecular formula is C19H18N2O2. The highest BCUT2D eigenvalue weighted by Gasteiger charge is 2.40. The summed E-state index contributed by atoms with van der Waals surface area (Å²) in [5, 5.41) is 0. The van der Waals surface area contributed by atoms with Gasteiger partial charge in [0.2, 0.25) is 5.91 Å². The van der Waals surface area contributed by atoms with Crippen molar-refractivity contribution in [3.8, 4) is 0 Å². The van der Waals surface area contributed by atoms with Gasteiger partial charge < -0.3 is 4.90 Å².